The predicted molar refractivity (Wildman–Crippen MR) is 75.7 cm³/mol. The number of rotatable bonds is 7. The zero-order valence-electron chi connectivity index (χ0n) is 12.4. The van der Waals surface area contributed by atoms with Crippen molar-refractivity contribution in [3.63, 3.8) is 0 Å². The molecular weight excluding hydrogens is 260 g/mol. The van der Waals surface area contributed by atoms with Gasteiger partial charge in [-0.15, -0.1) is 0 Å². The molecule has 2 unspecified atom stereocenters. The van der Waals surface area contributed by atoms with Gasteiger partial charge in [-0.2, -0.15) is 0 Å². The average molecular weight is 286 g/mol. The zero-order chi connectivity index (χ0) is 15.0. The van der Waals surface area contributed by atoms with Gasteiger partial charge in [0.1, 0.15) is 0 Å². The van der Waals surface area contributed by atoms with Crippen molar-refractivity contribution in [3.05, 3.63) is 0 Å². The van der Waals surface area contributed by atoms with Crippen molar-refractivity contribution < 1.29 is 19.4 Å². The molecule has 6 heteroatoms. The maximum atomic E-state index is 12.1. The van der Waals surface area contributed by atoms with E-state index < -0.39 is 5.97 Å². The minimum Gasteiger partial charge on any atom is -0.481 e. The van der Waals surface area contributed by atoms with Gasteiger partial charge in [0.25, 0.3) is 0 Å². The average Bonchev–Trinajstić information content (AvgIpc) is 2.44. The molecule has 1 heterocycles. The lowest BCUT2D eigenvalue weighted by molar-refractivity contribution is -0.137. The van der Waals surface area contributed by atoms with Gasteiger partial charge >= 0.3 is 12.0 Å². The first kappa shape index (κ1) is 16.8. The van der Waals surface area contributed by atoms with E-state index in [0.29, 0.717) is 19.5 Å². The molecule has 0 aromatic carbocycles. The number of likely N-dealkylation sites (tertiary alicyclic amines) is 1. The van der Waals surface area contributed by atoms with E-state index >= 15 is 0 Å². The number of piperidine rings is 1. The normalized spacial score (nSPS) is 20.5. The summed E-state index contributed by atoms with van der Waals surface area (Å²) in [7, 11) is 0. The van der Waals surface area contributed by atoms with Gasteiger partial charge in [0.2, 0.25) is 0 Å². The van der Waals surface area contributed by atoms with Gasteiger partial charge in [0.15, 0.2) is 0 Å². The Kier molecular flexibility index (Phi) is 7.36. The third kappa shape index (κ3) is 5.77. The molecule has 1 rings (SSSR count). The van der Waals surface area contributed by atoms with Crippen LogP contribution in [-0.2, 0) is 9.53 Å². The number of hydrogen-bond donors (Lipinski definition) is 2. The number of carboxylic acid groups (broad SMARTS) is 1. The summed E-state index contributed by atoms with van der Waals surface area (Å²) in [5.74, 6) is -0.889. The van der Waals surface area contributed by atoms with E-state index in [4.69, 9.17) is 9.84 Å². The predicted octanol–water partition coefficient (Wildman–Crippen LogP) is 1.84. The molecule has 1 saturated heterocycles. The molecule has 0 aliphatic carbocycles. The highest BCUT2D eigenvalue weighted by atomic mass is 16.5. The molecule has 0 radical (unpaired) electrons. The maximum Gasteiger partial charge on any atom is 0.317 e. The number of carbonyl (C=O) groups is 2. The topological polar surface area (TPSA) is 78.9 Å². The lowest BCUT2D eigenvalue weighted by Gasteiger charge is -2.33. The first-order chi connectivity index (χ1) is 9.56. The molecule has 2 N–H and O–H groups in total. The maximum absolute atomic E-state index is 12.1. The van der Waals surface area contributed by atoms with E-state index in [2.05, 4.69) is 12.2 Å². The van der Waals surface area contributed by atoms with E-state index in [1.165, 1.54) is 0 Å². The summed E-state index contributed by atoms with van der Waals surface area (Å²) in [5.41, 5.74) is 0. The van der Waals surface area contributed by atoms with Gasteiger partial charge in [0.05, 0.1) is 12.5 Å². The van der Waals surface area contributed by atoms with Crippen molar-refractivity contribution in [2.75, 3.05) is 19.7 Å². The highest BCUT2D eigenvalue weighted by Crippen LogP contribution is 2.14. The SMILES string of the molecule is CCCOC1CCCN(C(=O)NC(CC)CC(=O)O)C1. The van der Waals surface area contributed by atoms with Crippen LogP contribution in [0.4, 0.5) is 4.79 Å². The molecular formula is C14H26N2O4. The summed E-state index contributed by atoms with van der Waals surface area (Å²) in [6.45, 7) is 5.95. The molecule has 0 aromatic rings. The summed E-state index contributed by atoms with van der Waals surface area (Å²) in [6.07, 6.45) is 3.56. The summed E-state index contributed by atoms with van der Waals surface area (Å²) in [5, 5.41) is 11.6. The third-order valence-corrected chi connectivity index (χ3v) is 3.46. The standard InChI is InChI=1S/C14H26N2O4/c1-3-8-20-12-6-5-7-16(10-12)14(19)15-11(4-2)9-13(17)18/h11-12H,3-10H2,1-2H3,(H,15,19)(H,17,18). The van der Waals surface area contributed by atoms with Gasteiger partial charge in [-0.1, -0.05) is 13.8 Å². The van der Waals surface area contributed by atoms with Crippen molar-refractivity contribution in [2.45, 2.75) is 58.1 Å². The molecule has 1 fully saturated rings. The molecule has 0 saturated carbocycles. The van der Waals surface area contributed by atoms with E-state index in [1.807, 2.05) is 6.92 Å². The minimum absolute atomic E-state index is 0.0359. The molecule has 2 atom stereocenters. The Morgan fingerprint density at radius 3 is 2.80 bits per heavy atom. The first-order valence-corrected chi connectivity index (χ1v) is 7.45. The summed E-state index contributed by atoms with van der Waals surface area (Å²) in [6, 6.07) is -0.486. The van der Waals surface area contributed by atoms with Crippen molar-refractivity contribution in [3.8, 4) is 0 Å². The minimum atomic E-state index is -0.889. The Balaban J connectivity index is 2.43. The number of nitrogens with zero attached hydrogens (tertiary/aromatic N) is 1. The molecule has 2 amide bonds. The Hall–Kier alpha value is -1.30. The Labute approximate surface area is 120 Å². The number of carboxylic acids is 1. The van der Waals surface area contributed by atoms with E-state index in [-0.39, 0.29) is 24.6 Å². The Bertz CT molecular complexity index is 322. The fourth-order valence-corrected chi connectivity index (χ4v) is 2.32. The smallest absolute Gasteiger partial charge is 0.317 e. The molecule has 0 aromatic heterocycles. The molecule has 116 valence electrons. The van der Waals surface area contributed by atoms with Gasteiger partial charge in [-0.25, -0.2) is 4.79 Å². The van der Waals surface area contributed by atoms with E-state index in [1.54, 1.807) is 4.90 Å². The molecule has 1 aliphatic rings. The summed E-state index contributed by atoms with van der Waals surface area (Å²) in [4.78, 5) is 24.6. The monoisotopic (exact) mass is 286 g/mol. The van der Waals surface area contributed by atoms with Crippen LogP contribution in [0.3, 0.4) is 0 Å². The third-order valence-electron chi connectivity index (χ3n) is 3.46. The van der Waals surface area contributed by atoms with Crippen LogP contribution in [-0.4, -0.2) is 53.8 Å². The fraction of sp³-hybridized carbons (Fsp3) is 0.857. The van der Waals surface area contributed by atoms with Crippen LogP contribution >= 0.6 is 0 Å². The second kappa shape index (κ2) is 8.79. The van der Waals surface area contributed by atoms with E-state index in [0.717, 1.165) is 25.9 Å². The van der Waals surface area contributed by atoms with Crippen LogP contribution < -0.4 is 5.32 Å². The second-order valence-corrected chi connectivity index (χ2v) is 5.23. The van der Waals surface area contributed by atoms with Crippen LogP contribution in [0.1, 0.15) is 46.0 Å². The lowest BCUT2D eigenvalue weighted by Crippen LogP contribution is -2.50. The Morgan fingerprint density at radius 1 is 1.45 bits per heavy atom. The Morgan fingerprint density at radius 2 is 2.20 bits per heavy atom. The fourth-order valence-electron chi connectivity index (χ4n) is 2.32. The van der Waals surface area contributed by atoms with Crippen LogP contribution in [0.2, 0.25) is 0 Å². The van der Waals surface area contributed by atoms with Crippen molar-refractivity contribution in [2.24, 2.45) is 0 Å². The molecule has 0 spiro atoms. The van der Waals surface area contributed by atoms with E-state index in [9.17, 15) is 9.59 Å². The molecule has 6 nitrogen and oxygen atoms in total. The lowest BCUT2D eigenvalue weighted by atomic mass is 10.1. The van der Waals surface area contributed by atoms with Gasteiger partial charge in [-0.3, -0.25) is 4.79 Å². The van der Waals surface area contributed by atoms with Crippen LogP contribution in [0.25, 0.3) is 0 Å². The number of aliphatic carboxylic acids is 1. The number of carbonyl (C=O) groups excluding carboxylic acids is 1. The van der Waals surface area contributed by atoms with Gasteiger partial charge in [0, 0.05) is 25.7 Å². The van der Waals surface area contributed by atoms with Crippen molar-refractivity contribution >= 4 is 12.0 Å². The second-order valence-electron chi connectivity index (χ2n) is 5.23. The van der Waals surface area contributed by atoms with Crippen LogP contribution in [0, 0.1) is 0 Å². The summed E-state index contributed by atoms with van der Waals surface area (Å²) < 4.78 is 5.69. The largest absolute Gasteiger partial charge is 0.481 e. The number of amides is 2. The number of nitrogens with one attached hydrogen (secondary N) is 1. The molecule has 1 aliphatic heterocycles. The number of hydrogen-bond acceptors (Lipinski definition) is 3. The number of urea groups is 1. The first-order valence-electron chi connectivity index (χ1n) is 7.45. The highest BCUT2D eigenvalue weighted by Gasteiger charge is 2.25. The summed E-state index contributed by atoms with van der Waals surface area (Å²) >= 11 is 0. The van der Waals surface area contributed by atoms with Crippen LogP contribution in [0.5, 0.6) is 0 Å². The molecule has 20 heavy (non-hydrogen) atoms. The van der Waals surface area contributed by atoms with Crippen LogP contribution in [0.15, 0.2) is 0 Å². The number of ether oxygens (including phenoxy) is 1. The highest BCUT2D eigenvalue weighted by molar-refractivity contribution is 5.76. The van der Waals surface area contributed by atoms with Gasteiger partial charge in [-0.05, 0) is 25.7 Å². The van der Waals surface area contributed by atoms with Crippen molar-refractivity contribution in [1.29, 1.82) is 0 Å². The molecule has 0 bridgehead atoms. The quantitative estimate of drug-likeness (QED) is 0.748. The zero-order valence-corrected chi connectivity index (χ0v) is 12.4. The van der Waals surface area contributed by atoms with Gasteiger partial charge < -0.3 is 20.1 Å². The van der Waals surface area contributed by atoms with Crippen molar-refractivity contribution in [1.82, 2.24) is 10.2 Å².